The lowest BCUT2D eigenvalue weighted by Gasteiger charge is -2.38. The number of hydrogen-bond acceptors (Lipinski definition) is 8. The van der Waals surface area contributed by atoms with Crippen molar-refractivity contribution < 1.29 is 37.2 Å². The van der Waals surface area contributed by atoms with Crippen LogP contribution in [0.25, 0.3) is 0 Å². The largest absolute Gasteiger partial charge is 0.397 e. The van der Waals surface area contributed by atoms with Crippen LogP contribution in [0.2, 0.25) is 0 Å². The topological polar surface area (TPSA) is 160 Å². The lowest BCUT2D eigenvalue weighted by Crippen LogP contribution is -2.62. The Morgan fingerprint density at radius 2 is 1.81 bits per heavy atom. The second-order valence-corrected chi connectivity index (χ2v) is 4.43. The summed E-state index contributed by atoms with van der Waals surface area (Å²) >= 11 is 0. The van der Waals surface area contributed by atoms with Gasteiger partial charge in [0.15, 0.2) is 6.29 Å². The van der Waals surface area contributed by atoms with Crippen molar-refractivity contribution in [3.63, 3.8) is 0 Å². The Hall–Kier alpha value is -0.330. The fourth-order valence-electron chi connectivity index (χ4n) is 1.26. The molecular weight excluding hydrogens is 246 g/mol. The SMILES string of the molecule is N[C@H]1C(O)O[C@H](COS(=O)(=O)O)[C@H](O)[C@H]1O. The molecule has 16 heavy (non-hydrogen) atoms. The molecule has 0 bridgehead atoms. The molecule has 0 amide bonds. The zero-order chi connectivity index (χ0) is 12.5. The molecule has 0 aliphatic carbocycles. The fraction of sp³-hybridized carbons (Fsp3) is 1.00. The van der Waals surface area contributed by atoms with Crippen LogP contribution in [0.3, 0.4) is 0 Å². The summed E-state index contributed by atoms with van der Waals surface area (Å²) < 4.78 is 37.4. The van der Waals surface area contributed by atoms with E-state index in [1.54, 1.807) is 0 Å². The molecule has 0 radical (unpaired) electrons. The first-order chi connectivity index (χ1) is 7.22. The van der Waals surface area contributed by atoms with Gasteiger partial charge >= 0.3 is 10.4 Å². The maximum Gasteiger partial charge on any atom is 0.397 e. The van der Waals surface area contributed by atoms with Crippen LogP contribution in [0.4, 0.5) is 0 Å². The number of hydrogen-bond donors (Lipinski definition) is 5. The highest BCUT2D eigenvalue weighted by Crippen LogP contribution is 2.19. The van der Waals surface area contributed by atoms with Gasteiger partial charge in [-0.15, -0.1) is 0 Å². The summed E-state index contributed by atoms with van der Waals surface area (Å²) in [7, 11) is -4.68. The number of ether oxygens (including phenoxy) is 1. The van der Waals surface area contributed by atoms with E-state index in [0.717, 1.165) is 0 Å². The highest BCUT2D eigenvalue weighted by Gasteiger charge is 2.42. The molecule has 9 nitrogen and oxygen atoms in total. The zero-order valence-corrected chi connectivity index (χ0v) is 8.82. The van der Waals surface area contributed by atoms with Gasteiger partial charge in [-0.2, -0.15) is 8.42 Å². The van der Waals surface area contributed by atoms with Gasteiger partial charge in [0, 0.05) is 0 Å². The van der Waals surface area contributed by atoms with Crippen LogP contribution in [0.5, 0.6) is 0 Å². The van der Waals surface area contributed by atoms with Gasteiger partial charge in [-0.05, 0) is 0 Å². The average molecular weight is 259 g/mol. The van der Waals surface area contributed by atoms with Crippen LogP contribution in [-0.4, -0.2) is 65.5 Å². The Morgan fingerprint density at radius 1 is 1.25 bits per heavy atom. The first-order valence-electron chi connectivity index (χ1n) is 4.29. The Kier molecular flexibility index (Phi) is 4.20. The summed E-state index contributed by atoms with van der Waals surface area (Å²) in [6.45, 7) is -0.749. The van der Waals surface area contributed by atoms with Gasteiger partial charge in [0.2, 0.25) is 0 Å². The lowest BCUT2D eigenvalue weighted by atomic mass is 9.98. The lowest BCUT2D eigenvalue weighted by molar-refractivity contribution is -0.247. The quantitative estimate of drug-likeness (QED) is 0.325. The third-order valence-corrected chi connectivity index (χ3v) is 2.58. The van der Waals surface area contributed by atoms with Gasteiger partial charge in [-0.3, -0.25) is 4.55 Å². The van der Waals surface area contributed by atoms with E-state index in [1.807, 2.05) is 0 Å². The van der Waals surface area contributed by atoms with Crippen molar-refractivity contribution in [3.05, 3.63) is 0 Å². The highest BCUT2D eigenvalue weighted by molar-refractivity contribution is 7.80. The summed E-state index contributed by atoms with van der Waals surface area (Å²) in [6, 6.07) is -1.21. The molecule has 1 aliphatic rings. The predicted octanol–water partition coefficient (Wildman–Crippen LogP) is -3.43. The molecule has 1 heterocycles. The molecule has 0 aromatic heterocycles. The summed E-state index contributed by atoms with van der Waals surface area (Å²) in [4.78, 5) is 0. The van der Waals surface area contributed by atoms with Gasteiger partial charge in [0.1, 0.15) is 18.3 Å². The molecule has 1 unspecified atom stereocenters. The van der Waals surface area contributed by atoms with Gasteiger partial charge in [0.25, 0.3) is 0 Å². The summed E-state index contributed by atoms with van der Waals surface area (Å²) in [5.41, 5.74) is 5.26. The van der Waals surface area contributed by atoms with Crippen LogP contribution in [0.15, 0.2) is 0 Å². The van der Waals surface area contributed by atoms with E-state index in [2.05, 4.69) is 4.18 Å². The monoisotopic (exact) mass is 259 g/mol. The van der Waals surface area contributed by atoms with Crippen molar-refractivity contribution in [1.82, 2.24) is 0 Å². The van der Waals surface area contributed by atoms with Crippen molar-refractivity contribution in [1.29, 1.82) is 0 Å². The smallest absolute Gasteiger partial charge is 0.388 e. The van der Waals surface area contributed by atoms with Gasteiger partial charge in [-0.25, -0.2) is 4.18 Å². The highest BCUT2D eigenvalue weighted by atomic mass is 32.3. The van der Waals surface area contributed by atoms with Gasteiger partial charge in [-0.1, -0.05) is 0 Å². The van der Waals surface area contributed by atoms with Crippen LogP contribution < -0.4 is 5.73 Å². The summed E-state index contributed by atoms with van der Waals surface area (Å²) in [6.07, 6.45) is -5.89. The second kappa shape index (κ2) is 4.89. The van der Waals surface area contributed by atoms with Crippen molar-refractivity contribution in [3.8, 4) is 0 Å². The average Bonchev–Trinajstić information content (AvgIpc) is 2.17. The number of rotatable bonds is 3. The molecule has 0 spiro atoms. The molecule has 5 atom stereocenters. The molecule has 0 saturated carbocycles. The fourth-order valence-corrected chi connectivity index (χ4v) is 1.56. The van der Waals surface area contributed by atoms with E-state index in [-0.39, 0.29) is 0 Å². The Bertz CT molecular complexity index is 331. The minimum Gasteiger partial charge on any atom is -0.388 e. The minimum atomic E-state index is -4.68. The molecule has 1 fully saturated rings. The molecule has 10 heteroatoms. The van der Waals surface area contributed by atoms with E-state index in [1.165, 1.54) is 0 Å². The first kappa shape index (κ1) is 13.7. The molecule has 6 N–H and O–H groups in total. The van der Waals surface area contributed by atoms with E-state index in [0.29, 0.717) is 0 Å². The number of aliphatic hydroxyl groups excluding tert-OH is 3. The van der Waals surface area contributed by atoms with Crippen LogP contribution in [0.1, 0.15) is 0 Å². The maximum absolute atomic E-state index is 10.3. The van der Waals surface area contributed by atoms with Crippen LogP contribution >= 0.6 is 0 Å². The van der Waals surface area contributed by atoms with Crippen LogP contribution in [0, 0.1) is 0 Å². The standard InChI is InChI=1S/C6H13NO8S/c7-3-5(9)4(8)2(15-6(3)10)1-14-16(11,12)13/h2-6,8-10H,1,7H2,(H,11,12,13)/t2-,3-,4+,5+,6?/m1/s1. The Balaban J connectivity index is 2.61. The zero-order valence-electron chi connectivity index (χ0n) is 8.00. The minimum absolute atomic E-state index is 0.749. The van der Waals surface area contributed by atoms with E-state index < -0.39 is 47.6 Å². The van der Waals surface area contributed by atoms with Crippen molar-refractivity contribution in [2.75, 3.05) is 6.61 Å². The van der Waals surface area contributed by atoms with Gasteiger partial charge < -0.3 is 25.8 Å². The van der Waals surface area contributed by atoms with E-state index in [4.69, 9.17) is 15.0 Å². The number of aliphatic hydroxyl groups is 3. The molecule has 1 aliphatic heterocycles. The molecule has 1 saturated heterocycles. The molecule has 1 rings (SSSR count). The Labute approximate surface area is 91.3 Å². The van der Waals surface area contributed by atoms with E-state index >= 15 is 0 Å². The third kappa shape index (κ3) is 3.33. The molecular formula is C6H13NO8S. The normalized spacial score (nSPS) is 40.9. The maximum atomic E-state index is 10.3. The predicted molar refractivity (Wildman–Crippen MR) is 48.4 cm³/mol. The first-order valence-corrected chi connectivity index (χ1v) is 5.66. The van der Waals surface area contributed by atoms with Crippen LogP contribution in [-0.2, 0) is 19.3 Å². The van der Waals surface area contributed by atoms with Crippen molar-refractivity contribution in [2.45, 2.75) is 30.6 Å². The molecule has 0 aromatic rings. The Morgan fingerprint density at radius 3 is 2.31 bits per heavy atom. The second-order valence-electron chi connectivity index (χ2n) is 3.34. The van der Waals surface area contributed by atoms with Crippen molar-refractivity contribution in [2.24, 2.45) is 5.73 Å². The van der Waals surface area contributed by atoms with Gasteiger partial charge in [0.05, 0.1) is 12.6 Å². The molecule has 96 valence electrons. The summed E-state index contributed by atoms with van der Waals surface area (Å²) in [5.74, 6) is 0. The summed E-state index contributed by atoms with van der Waals surface area (Å²) in [5, 5.41) is 27.9. The number of nitrogens with two attached hydrogens (primary N) is 1. The molecule has 0 aromatic carbocycles. The van der Waals surface area contributed by atoms with E-state index in [9.17, 15) is 23.7 Å². The third-order valence-electron chi connectivity index (χ3n) is 2.15. The van der Waals surface area contributed by atoms with Crippen molar-refractivity contribution >= 4 is 10.4 Å².